The first-order chi connectivity index (χ1) is 12.0. The van der Waals surface area contributed by atoms with Gasteiger partial charge in [0.15, 0.2) is 12.1 Å². The Hall–Kier alpha value is -2.29. The molecule has 1 atom stereocenters. The smallest absolute Gasteiger partial charge is 0.276 e. The molecule has 9 heteroatoms. The number of alkyl halides is 2. The summed E-state index contributed by atoms with van der Waals surface area (Å²) in [6, 6.07) is 1.69. The molecule has 1 saturated heterocycles. The second-order valence-corrected chi connectivity index (χ2v) is 6.64. The molecule has 1 fully saturated rings. The highest BCUT2D eigenvalue weighted by atomic mass is 19.3. The van der Waals surface area contributed by atoms with Crippen molar-refractivity contribution >= 4 is 5.91 Å². The maximum absolute atomic E-state index is 13.5. The first-order valence-corrected chi connectivity index (χ1v) is 8.32. The lowest BCUT2D eigenvalue weighted by molar-refractivity contribution is 0.00919. The van der Waals surface area contributed by atoms with Crippen LogP contribution in [-0.2, 0) is 13.1 Å². The van der Waals surface area contributed by atoms with E-state index in [4.69, 9.17) is 4.42 Å². The van der Waals surface area contributed by atoms with Crippen LogP contribution in [0, 0.1) is 0 Å². The normalized spacial score (nSPS) is 23.4. The number of amides is 1. The van der Waals surface area contributed by atoms with Gasteiger partial charge in [0.1, 0.15) is 6.26 Å². The molecule has 1 amide bonds. The molecule has 0 bridgehead atoms. The average molecular weight is 351 g/mol. The fraction of sp³-hybridized carbons (Fsp3) is 0.562. The predicted molar refractivity (Wildman–Crippen MR) is 83.0 cm³/mol. The number of fused-ring (bicyclic) bond motifs is 1. The number of nitrogens with zero attached hydrogens (tertiary/aromatic N) is 5. The van der Waals surface area contributed by atoms with Crippen molar-refractivity contribution < 1.29 is 18.0 Å². The first-order valence-electron chi connectivity index (χ1n) is 8.32. The van der Waals surface area contributed by atoms with Crippen LogP contribution in [0.1, 0.15) is 29.0 Å². The molecule has 2 aromatic rings. The molecule has 4 heterocycles. The molecule has 0 aromatic carbocycles. The fourth-order valence-electron chi connectivity index (χ4n) is 3.58. The zero-order valence-corrected chi connectivity index (χ0v) is 13.6. The molecule has 2 aliphatic rings. The van der Waals surface area contributed by atoms with Crippen molar-refractivity contribution in [2.45, 2.75) is 37.9 Å². The predicted octanol–water partition coefficient (Wildman–Crippen LogP) is 1.63. The number of carbonyl (C=O) groups is 1. The molecule has 4 rings (SSSR count). The van der Waals surface area contributed by atoms with E-state index in [1.54, 1.807) is 16.0 Å². The molecule has 0 aliphatic carbocycles. The summed E-state index contributed by atoms with van der Waals surface area (Å²) in [4.78, 5) is 20.2. The highest BCUT2D eigenvalue weighted by Gasteiger charge is 2.40. The largest absolute Gasteiger partial charge is 0.451 e. The molecule has 0 spiro atoms. The molecule has 0 radical (unpaired) electrons. The Labute approximate surface area is 143 Å². The second-order valence-electron chi connectivity index (χ2n) is 6.64. The van der Waals surface area contributed by atoms with E-state index in [9.17, 15) is 13.6 Å². The highest BCUT2D eigenvalue weighted by Crippen LogP contribution is 2.28. The highest BCUT2D eigenvalue weighted by molar-refractivity contribution is 5.92. The average Bonchev–Trinajstić information content (AvgIpc) is 3.29. The van der Waals surface area contributed by atoms with E-state index >= 15 is 0 Å². The number of oxazole rings is 1. The zero-order chi connectivity index (χ0) is 17.4. The van der Waals surface area contributed by atoms with Crippen LogP contribution < -0.4 is 0 Å². The summed E-state index contributed by atoms with van der Waals surface area (Å²) in [5.41, 5.74) is 1.15. The van der Waals surface area contributed by atoms with Crippen LogP contribution in [0.3, 0.4) is 0 Å². The standard InChI is InChI=1S/C16H19F2N5O2/c17-16(18)3-6-21(10-16)7-12-2-5-23-13(1-4-20-23)8-22(12)15(24)14-9-25-11-19-14/h1,4,9,11-12H,2-3,5-8,10H2/t12-/m1/s1. The van der Waals surface area contributed by atoms with Gasteiger partial charge in [0.2, 0.25) is 0 Å². The topological polar surface area (TPSA) is 67.4 Å². The molecule has 134 valence electrons. The number of likely N-dealkylation sites (tertiary alicyclic amines) is 1. The van der Waals surface area contributed by atoms with Crippen molar-refractivity contribution in [3.05, 3.63) is 36.3 Å². The summed E-state index contributed by atoms with van der Waals surface area (Å²) in [7, 11) is 0. The van der Waals surface area contributed by atoms with Gasteiger partial charge in [-0.05, 0) is 12.5 Å². The van der Waals surface area contributed by atoms with Gasteiger partial charge in [-0.2, -0.15) is 5.10 Å². The van der Waals surface area contributed by atoms with Crippen LogP contribution >= 0.6 is 0 Å². The quantitative estimate of drug-likeness (QED) is 0.841. The number of aryl methyl sites for hydroxylation is 1. The van der Waals surface area contributed by atoms with Gasteiger partial charge in [0, 0.05) is 38.3 Å². The van der Waals surface area contributed by atoms with E-state index in [0.717, 1.165) is 5.69 Å². The van der Waals surface area contributed by atoms with Crippen molar-refractivity contribution in [2.24, 2.45) is 0 Å². The molecule has 0 unspecified atom stereocenters. The number of aromatic nitrogens is 3. The number of rotatable bonds is 3. The minimum Gasteiger partial charge on any atom is -0.451 e. The van der Waals surface area contributed by atoms with Gasteiger partial charge in [-0.25, -0.2) is 13.8 Å². The summed E-state index contributed by atoms with van der Waals surface area (Å²) in [6.45, 7) is 1.55. The van der Waals surface area contributed by atoms with Crippen molar-refractivity contribution in [3.8, 4) is 0 Å². The lowest BCUT2D eigenvalue weighted by Crippen LogP contribution is -2.46. The van der Waals surface area contributed by atoms with Gasteiger partial charge in [-0.15, -0.1) is 0 Å². The van der Waals surface area contributed by atoms with Gasteiger partial charge in [-0.3, -0.25) is 14.4 Å². The van der Waals surface area contributed by atoms with E-state index in [2.05, 4.69) is 10.1 Å². The monoisotopic (exact) mass is 351 g/mol. The van der Waals surface area contributed by atoms with Crippen molar-refractivity contribution in [1.82, 2.24) is 24.6 Å². The van der Waals surface area contributed by atoms with Gasteiger partial charge >= 0.3 is 0 Å². The molecular weight excluding hydrogens is 332 g/mol. The lowest BCUT2D eigenvalue weighted by atomic mass is 10.1. The van der Waals surface area contributed by atoms with Crippen molar-refractivity contribution in [3.63, 3.8) is 0 Å². The van der Waals surface area contributed by atoms with Gasteiger partial charge in [0.05, 0.1) is 18.8 Å². The van der Waals surface area contributed by atoms with Gasteiger partial charge < -0.3 is 9.32 Å². The van der Waals surface area contributed by atoms with Gasteiger partial charge in [-0.1, -0.05) is 0 Å². The van der Waals surface area contributed by atoms with E-state index in [1.807, 2.05) is 10.7 Å². The van der Waals surface area contributed by atoms with Crippen LogP contribution in [-0.4, -0.2) is 62.1 Å². The Balaban J connectivity index is 1.56. The molecular formula is C16H19F2N5O2. The molecule has 25 heavy (non-hydrogen) atoms. The SMILES string of the molecule is O=C(c1cocn1)N1Cc2ccnn2CC[C@@H]1CN1CCC(F)(F)C1. The zero-order valence-electron chi connectivity index (χ0n) is 13.6. The number of carbonyl (C=O) groups excluding carboxylic acids is 1. The molecule has 2 aliphatic heterocycles. The maximum atomic E-state index is 13.5. The minimum absolute atomic E-state index is 0.126. The molecule has 0 N–H and O–H groups in total. The molecule has 7 nitrogen and oxygen atoms in total. The van der Waals surface area contributed by atoms with E-state index < -0.39 is 5.92 Å². The maximum Gasteiger partial charge on any atom is 0.276 e. The summed E-state index contributed by atoms with van der Waals surface area (Å²) in [5, 5.41) is 4.27. The Kier molecular flexibility index (Phi) is 4.03. The summed E-state index contributed by atoms with van der Waals surface area (Å²) < 4.78 is 33.8. The Morgan fingerprint density at radius 3 is 3.00 bits per heavy atom. The molecule has 0 saturated carbocycles. The van der Waals surface area contributed by atoms with Crippen molar-refractivity contribution in [2.75, 3.05) is 19.6 Å². The first kappa shape index (κ1) is 16.2. The number of hydrogen-bond acceptors (Lipinski definition) is 5. The van der Waals surface area contributed by atoms with Gasteiger partial charge in [0.25, 0.3) is 11.8 Å². The van der Waals surface area contributed by atoms with Crippen molar-refractivity contribution in [1.29, 1.82) is 0 Å². The van der Waals surface area contributed by atoms with Crippen LogP contribution in [0.4, 0.5) is 8.78 Å². The summed E-state index contributed by atoms with van der Waals surface area (Å²) in [5.74, 6) is -2.89. The number of hydrogen-bond donors (Lipinski definition) is 0. The third-order valence-corrected chi connectivity index (χ3v) is 4.88. The number of halogens is 2. The van der Waals surface area contributed by atoms with E-state index in [1.165, 1.54) is 12.7 Å². The van der Waals surface area contributed by atoms with Crippen LogP contribution in [0.2, 0.25) is 0 Å². The Bertz CT molecular complexity index is 746. The fourth-order valence-corrected chi connectivity index (χ4v) is 3.58. The minimum atomic E-state index is -2.64. The van der Waals surface area contributed by atoms with Crippen LogP contribution in [0.25, 0.3) is 0 Å². The van der Waals surface area contributed by atoms with E-state index in [0.29, 0.717) is 32.6 Å². The third-order valence-electron chi connectivity index (χ3n) is 4.88. The summed E-state index contributed by atoms with van der Waals surface area (Å²) in [6.07, 6.45) is 4.76. The van der Waals surface area contributed by atoms with Crippen LogP contribution in [0.15, 0.2) is 29.3 Å². The lowest BCUT2D eigenvalue weighted by Gasteiger charge is -2.32. The third kappa shape index (κ3) is 3.28. The Morgan fingerprint density at radius 2 is 2.28 bits per heavy atom. The summed E-state index contributed by atoms with van der Waals surface area (Å²) >= 11 is 0. The van der Waals surface area contributed by atoms with Crippen LogP contribution in [0.5, 0.6) is 0 Å². The molecule has 2 aromatic heterocycles. The van der Waals surface area contributed by atoms with E-state index in [-0.39, 0.29) is 30.6 Å². The Morgan fingerprint density at radius 1 is 1.40 bits per heavy atom. The second kappa shape index (κ2) is 6.21.